The summed E-state index contributed by atoms with van der Waals surface area (Å²) in [4.78, 5) is 0. The number of hydrogen-bond donors (Lipinski definition) is 1. The van der Waals surface area contributed by atoms with Gasteiger partial charge in [-0.05, 0) is 18.4 Å². The molecule has 2 atom stereocenters. The first-order valence-corrected chi connectivity index (χ1v) is 8.88. The normalized spacial score (nSPS) is 37.4. The van der Waals surface area contributed by atoms with Crippen molar-refractivity contribution in [2.24, 2.45) is 0 Å². The Bertz CT molecular complexity index is 155. The molecular formula is C8H17BrOSi. The van der Waals surface area contributed by atoms with Gasteiger partial charge in [-0.3, -0.25) is 0 Å². The summed E-state index contributed by atoms with van der Waals surface area (Å²) in [6.45, 7) is 7.01. The SMILES string of the molecule is C[Si](C)(C)[C@H]1C[C@@]1(O)CCBr. The van der Waals surface area contributed by atoms with Gasteiger partial charge in [-0.25, -0.2) is 0 Å². The number of aliphatic hydroxyl groups is 1. The Hall–Kier alpha value is 0.657. The molecule has 1 rings (SSSR count). The van der Waals surface area contributed by atoms with E-state index < -0.39 is 8.07 Å². The maximum Gasteiger partial charge on any atom is 0.0662 e. The van der Waals surface area contributed by atoms with Crippen LogP contribution >= 0.6 is 15.9 Å². The van der Waals surface area contributed by atoms with Gasteiger partial charge in [0.2, 0.25) is 0 Å². The van der Waals surface area contributed by atoms with Crippen LogP contribution in [0.1, 0.15) is 12.8 Å². The van der Waals surface area contributed by atoms with Crippen LogP contribution in [-0.4, -0.2) is 24.1 Å². The van der Waals surface area contributed by atoms with E-state index in [9.17, 15) is 5.11 Å². The van der Waals surface area contributed by atoms with Crippen molar-refractivity contribution in [3.05, 3.63) is 0 Å². The maximum atomic E-state index is 9.93. The molecule has 1 aliphatic carbocycles. The lowest BCUT2D eigenvalue weighted by molar-refractivity contribution is 0.147. The minimum atomic E-state index is -1.07. The summed E-state index contributed by atoms with van der Waals surface area (Å²) in [5.41, 5.74) is 0.362. The van der Waals surface area contributed by atoms with E-state index in [0.29, 0.717) is 5.54 Å². The summed E-state index contributed by atoms with van der Waals surface area (Å²) in [6, 6.07) is 0. The monoisotopic (exact) mass is 236 g/mol. The quantitative estimate of drug-likeness (QED) is 0.591. The minimum absolute atomic E-state index is 0.284. The molecule has 0 saturated heterocycles. The number of halogens is 1. The third-order valence-electron chi connectivity index (χ3n) is 2.62. The molecule has 0 amide bonds. The average Bonchev–Trinajstić information content (AvgIpc) is 2.41. The molecule has 11 heavy (non-hydrogen) atoms. The van der Waals surface area contributed by atoms with Gasteiger partial charge in [0.15, 0.2) is 0 Å². The molecule has 0 aromatic rings. The molecule has 1 aliphatic rings. The molecule has 0 heterocycles. The number of hydrogen-bond acceptors (Lipinski definition) is 1. The van der Waals surface area contributed by atoms with E-state index in [1.165, 1.54) is 0 Å². The highest BCUT2D eigenvalue weighted by Crippen LogP contribution is 2.57. The van der Waals surface area contributed by atoms with Gasteiger partial charge in [-0.1, -0.05) is 35.6 Å². The van der Waals surface area contributed by atoms with Crippen LogP contribution in [0.4, 0.5) is 0 Å². The van der Waals surface area contributed by atoms with Gasteiger partial charge in [0.1, 0.15) is 0 Å². The van der Waals surface area contributed by atoms with Crippen LogP contribution in [0.3, 0.4) is 0 Å². The molecule has 0 aliphatic heterocycles. The second kappa shape index (κ2) is 2.86. The molecule has 0 aromatic heterocycles. The van der Waals surface area contributed by atoms with Crippen molar-refractivity contribution in [1.82, 2.24) is 0 Å². The van der Waals surface area contributed by atoms with Gasteiger partial charge in [0.05, 0.1) is 13.7 Å². The van der Waals surface area contributed by atoms with E-state index in [4.69, 9.17) is 0 Å². The fourth-order valence-corrected chi connectivity index (χ4v) is 5.26. The van der Waals surface area contributed by atoms with Crippen LogP contribution < -0.4 is 0 Å². The second-order valence-corrected chi connectivity index (χ2v) is 10.9. The van der Waals surface area contributed by atoms with E-state index in [0.717, 1.165) is 18.2 Å². The Morgan fingerprint density at radius 2 is 2.09 bits per heavy atom. The second-order valence-electron chi connectivity index (χ2n) is 4.67. The first-order valence-electron chi connectivity index (χ1n) is 4.18. The Morgan fingerprint density at radius 1 is 1.55 bits per heavy atom. The molecular weight excluding hydrogens is 220 g/mol. The Morgan fingerprint density at radius 3 is 2.36 bits per heavy atom. The van der Waals surface area contributed by atoms with E-state index >= 15 is 0 Å². The lowest BCUT2D eigenvalue weighted by Crippen LogP contribution is -2.26. The highest BCUT2D eigenvalue weighted by Gasteiger charge is 2.57. The highest BCUT2D eigenvalue weighted by molar-refractivity contribution is 9.09. The Labute approximate surface area is 78.3 Å². The van der Waals surface area contributed by atoms with Gasteiger partial charge in [-0.15, -0.1) is 0 Å². The van der Waals surface area contributed by atoms with E-state index in [-0.39, 0.29) is 5.60 Å². The van der Waals surface area contributed by atoms with Gasteiger partial charge < -0.3 is 5.11 Å². The van der Waals surface area contributed by atoms with Crippen molar-refractivity contribution in [3.8, 4) is 0 Å². The fourth-order valence-electron chi connectivity index (χ4n) is 1.85. The Balaban J connectivity index is 2.46. The standard InChI is InChI=1S/C8H17BrOSi/c1-11(2,3)7-6-8(7,10)4-5-9/h7,10H,4-6H2,1-3H3/t7-,8-/m0/s1. The van der Waals surface area contributed by atoms with Crippen molar-refractivity contribution in [2.75, 3.05) is 5.33 Å². The molecule has 1 fully saturated rings. The van der Waals surface area contributed by atoms with Gasteiger partial charge in [0, 0.05) is 5.33 Å². The third-order valence-corrected chi connectivity index (χ3v) is 5.85. The molecule has 0 unspecified atom stereocenters. The Kier molecular flexibility index (Phi) is 2.53. The molecule has 0 bridgehead atoms. The zero-order valence-corrected chi connectivity index (χ0v) is 10.1. The summed E-state index contributed by atoms with van der Waals surface area (Å²) in [5, 5.41) is 10.9. The zero-order chi connectivity index (χ0) is 8.70. The van der Waals surface area contributed by atoms with Crippen LogP contribution in [0, 0.1) is 0 Å². The molecule has 1 N–H and O–H groups in total. The van der Waals surface area contributed by atoms with Crippen LogP contribution in [0.5, 0.6) is 0 Å². The largest absolute Gasteiger partial charge is 0.390 e. The van der Waals surface area contributed by atoms with E-state index in [1.807, 2.05) is 0 Å². The summed E-state index contributed by atoms with van der Waals surface area (Å²) in [7, 11) is -1.07. The summed E-state index contributed by atoms with van der Waals surface area (Å²) >= 11 is 3.37. The average molecular weight is 237 g/mol. The van der Waals surface area contributed by atoms with E-state index in [2.05, 4.69) is 35.6 Å². The summed E-state index contributed by atoms with van der Waals surface area (Å²) < 4.78 is 0. The van der Waals surface area contributed by atoms with Crippen LogP contribution in [0.15, 0.2) is 0 Å². The van der Waals surface area contributed by atoms with Gasteiger partial charge in [0.25, 0.3) is 0 Å². The molecule has 3 heteroatoms. The maximum absolute atomic E-state index is 9.93. The molecule has 0 radical (unpaired) electrons. The minimum Gasteiger partial charge on any atom is -0.390 e. The van der Waals surface area contributed by atoms with Crippen molar-refractivity contribution in [3.63, 3.8) is 0 Å². The molecule has 0 aromatic carbocycles. The van der Waals surface area contributed by atoms with Crippen molar-refractivity contribution in [2.45, 2.75) is 43.6 Å². The number of rotatable bonds is 3. The van der Waals surface area contributed by atoms with E-state index in [1.54, 1.807) is 0 Å². The van der Waals surface area contributed by atoms with Gasteiger partial charge in [-0.2, -0.15) is 0 Å². The van der Waals surface area contributed by atoms with Crippen LogP contribution in [0.2, 0.25) is 25.2 Å². The fraction of sp³-hybridized carbons (Fsp3) is 1.00. The highest BCUT2D eigenvalue weighted by atomic mass is 79.9. The predicted octanol–water partition coefficient (Wildman–Crippen LogP) is 2.61. The van der Waals surface area contributed by atoms with Crippen LogP contribution in [0.25, 0.3) is 0 Å². The smallest absolute Gasteiger partial charge is 0.0662 e. The van der Waals surface area contributed by atoms with Crippen molar-refractivity contribution < 1.29 is 5.11 Å². The lowest BCUT2D eigenvalue weighted by Gasteiger charge is -2.18. The van der Waals surface area contributed by atoms with Crippen molar-refractivity contribution in [1.29, 1.82) is 0 Å². The van der Waals surface area contributed by atoms with Crippen molar-refractivity contribution >= 4 is 24.0 Å². The zero-order valence-electron chi connectivity index (χ0n) is 7.52. The molecule has 66 valence electrons. The molecule has 1 saturated carbocycles. The van der Waals surface area contributed by atoms with Crippen LogP contribution in [-0.2, 0) is 0 Å². The number of alkyl halides is 1. The molecule has 1 nitrogen and oxygen atoms in total. The first-order chi connectivity index (χ1) is 4.90. The van der Waals surface area contributed by atoms with Gasteiger partial charge >= 0.3 is 0 Å². The lowest BCUT2D eigenvalue weighted by atomic mass is 10.3. The summed E-state index contributed by atoms with van der Waals surface area (Å²) in [6.07, 6.45) is 1.98. The molecule has 0 spiro atoms. The third kappa shape index (κ3) is 2.07. The predicted molar refractivity (Wildman–Crippen MR) is 55.1 cm³/mol. The summed E-state index contributed by atoms with van der Waals surface area (Å²) in [5.74, 6) is 0. The first kappa shape index (κ1) is 9.74. The topological polar surface area (TPSA) is 20.2 Å².